The van der Waals surface area contributed by atoms with Crippen molar-refractivity contribution in [2.45, 2.75) is 37.8 Å². The number of nitrogens with zero attached hydrogens (tertiary/aromatic N) is 1. The molecule has 1 saturated carbocycles. The molecule has 1 spiro atoms. The van der Waals surface area contributed by atoms with E-state index in [1.54, 1.807) is 0 Å². The van der Waals surface area contributed by atoms with Crippen LogP contribution in [0.3, 0.4) is 0 Å². The first-order valence-corrected chi connectivity index (χ1v) is 3.35. The SMILES string of the molecule is CN1C(C)(C)C12CC2. The van der Waals surface area contributed by atoms with Crippen LogP contribution in [0, 0.1) is 0 Å². The summed E-state index contributed by atoms with van der Waals surface area (Å²) in [5, 5.41) is 0. The van der Waals surface area contributed by atoms with E-state index >= 15 is 0 Å². The highest BCUT2D eigenvalue weighted by atomic mass is 15.5. The van der Waals surface area contributed by atoms with Crippen molar-refractivity contribution in [3.05, 3.63) is 0 Å². The smallest absolute Gasteiger partial charge is 0.0392 e. The van der Waals surface area contributed by atoms with E-state index in [-0.39, 0.29) is 0 Å². The Bertz CT molecular complexity index is 129. The van der Waals surface area contributed by atoms with Gasteiger partial charge in [0.15, 0.2) is 0 Å². The molecule has 2 rings (SSSR count). The lowest BCUT2D eigenvalue weighted by Crippen LogP contribution is -2.04. The number of hydrogen-bond acceptors (Lipinski definition) is 1. The van der Waals surface area contributed by atoms with Gasteiger partial charge in [-0.05, 0) is 33.7 Å². The zero-order chi connectivity index (χ0) is 5.99. The molecule has 1 aliphatic carbocycles. The molecule has 0 bridgehead atoms. The van der Waals surface area contributed by atoms with Crippen molar-refractivity contribution >= 4 is 0 Å². The Balaban J connectivity index is 2.26. The summed E-state index contributed by atoms with van der Waals surface area (Å²) < 4.78 is 0. The lowest BCUT2D eigenvalue weighted by atomic mass is 10.1. The Morgan fingerprint density at radius 3 is 1.62 bits per heavy atom. The molecule has 1 unspecified atom stereocenters. The van der Waals surface area contributed by atoms with Gasteiger partial charge in [-0.3, -0.25) is 4.90 Å². The maximum Gasteiger partial charge on any atom is 0.0392 e. The normalized spacial score (nSPS) is 44.6. The highest BCUT2D eigenvalue weighted by Gasteiger charge is 2.73. The van der Waals surface area contributed by atoms with E-state index in [4.69, 9.17) is 0 Å². The summed E-state index contributed by atoms with van der Waals surface area (Å²) in [5.74, 6) is 0. The molecule has 0 aromatic heterocycles. The van der Waals surface area contributed by atoms with Gasteiger partial charge in [0.2, 0.25) is 0 Å². The molecular formula is C7H13N. The third kappa shape index (κ3) is 0.255. The summed E-state index contributed by atoms with van der Waals surface area (Å²) in [6.07, 6.45) is 2.88. The standard InChI is InChI=1S/C7H13N/c1-6(2)7(4-5-7)8(6)3/h4-5H2,1-3H3. The Morgan fingerprint density at radius 1 is 1.25 bits per heavy atom. The van der Waals surface area contributed by atoms with Crippen LogP contribution < -0.4 is 0 Å². The summed E-state index contributed by atoms with van der Waals surface area (Å²) in [6.45, 7) is 4.67. The molecular weight excluding hydrogens is 98.1 g/mol. The first-order chi connectivity index (χ1) is 3.61. The number of hydrogen-bond donors (Lipinski definition) is 0. The molecule has 2 aliphatic rings. The molecule has 1 saturated heterocycles. The third-order valence-corrected chi connectivity index (χ3v) is 3.29. The summed E-state index contributed by atoms with van der Waals surface area (Å²) in [4.78, 5) is 2.49. The fourth-order valence-electron chi connectivity index (χ4n) is 2.00. The van der Waals surface area contributed by atoms with E-state index in [9.17, 15) is 0 Å². The molecule has 1 atom stereocenters. The predicted molar refractivity (Wildman–Crippen MR) is 33.8 cm³/mol. The highest BCUT2D eigenvalue weighted by Crippen LogP contribution is 2.65. The van der Waals surface area contributed by atoms with Crippen LogP contribution in [0.4, 0.5) is 0 Å². The molecule has 1 heteroatoms. The average molecular weight is 111 g/mol. The Labute approximate surface area is 50.7 Å². The van der Waals surface area contributed by atoms with Gasteiger partial charge < -0.3 is 0 Å². The number of rotatable bonds is 0. The van der Waals surface area contributed by atoms with Crippen molar-refractivity contribution in [1.29, 1.82) is 0 Å². The molecule has 2 fully saturated rings. The van der Waals surface area contributed by atoms with Crippen molar-refractivity contribution in [1.82, 2.24) is 4.90 Å². The molecule has 1 aliphatic heterocycles. The second-order valence-corrected chi connectivity index (χ2v) is 3.65. The molecule has 1 heterocycles. The van der Waals surface area contributed by atoms with Gasteiger partial charge in [0.1, 0.15) is 0 Å². The Kier molecular flexibility index (Phi) is 0.516. The van der Waals surface area contributed by atoms with Crippen molar-refractivity contribution in [3.63, 3.8) is 0 Å². The van der Waals surface area contributed by atoms with Crippen LogP contribution in [0.25, 0.3) is 0 Å². The Morgan fingerprint density at radius 2 is 1.62 bits per heavy atom. The van der Waals surface area contributed by atoms with Crippen LogP contribution >= 0.6 is 0 Å². The van der Waals surface area contributed by atoms with Crippen molar-refractivity contribution in [3.8, 4) is 0 Å². The molecule has 0 radical (unpaired) electrons. The van der Waals surface area contributed by atoms with Crippen LogP contribution in [0.1, 0.15) is 26.7 Å². The minimum absolute atomic E-state index is 0.549. The monoisotopic (exact) mass is 111 g/mol. The molecule has 8 heavy (non-hydrogen) atoms. The largest absolute Gasteiger partial charge is 0.292 e. The van der Waals surface area contributed by atoms with E-state index < -0.39 is 0 Å². The van der Waals surface area contributed by atoms with E-state index in [1.165, 1.54) is 12.8 Å². The fourth-order valence-corrected chi connectivity index (χ4v) is 2.00. The van der Waals surface area contributed by atoms with Crippen molar-refractivity contribution in [2.24, 2.45) is 0 Å². The Hall–Kier alpha value is -0.0400. The quantitative estimate of drug-likeness (QED) is 0.425. The minimum atomic E-state index is 0.549. The highest BCUT2D eigenvalue weighted by molar-refractivity contribution is 5.31. The molecule has 1 nitrogen and oxygen atoms in total. The van der Waals surface area contributed by atoms with E-state index in [0.717, 1.165) is 0 Å². The van der Waals surface area contributed by atoms with E-state index in [0.29, 0.717) is 11.1 Å². The van der Waals surface area contributed by atoms with Gasteiger partial charge in [0, 0.05) is 11.1 Å². The maximum atomic E-state index is 2.49. The third-order valence-electron chi connectivity index (χ3n) is 3.29. The molecule has 0 N–H and O–H groups in total. The zero-order valence-corrected chi connectivity index (χ0v) is 5.86. The molecule has 46 valence electrons. The van der Waals surface area contributed by atoms with Gasteiger partial charge in [-0.2, -0.15) is 0 Å². The predicted octanol–water partition coefficient (Wildman–Crippen LogP) is 1.24. The lowest BCUT2D eigenvalue weighted by Gasteiger charge is -1.94. The van der Waals surface area contributed by atoms with Gasteiger partial charge in [0.25, 0.3) is 0 Å². The molecule has 0 aromatic rings. The van der Waals surface area contributed by atoms with Crippen LogP contribution in [0.5, 0.6) is 0 Å². The first kappa shape index (κ1) is 4.80. The average Bonchev–Trinajstić information content (AvgIpc) is 2.47. The first-order valence-electron chi connectivity index (χ1n) is 3.35. The number of likely N-dealkylation sites (N-methyl/N-ethyl adjacent to an activating group) is 1. The minimum Gasteiger partial charge on any atom is -0.292 e. The van der Waals surface area contributed by atoms with Crippen molar-refractivity contribution in [2.75, 3.05) is 7.05 Å². The van der Waals surface area contributed by atoms with Gasteiger partial charge in [-0.1, -0.05) is 0 Å². The second kappa shape index (κ2) is 0.860. The van der Waals surface area contributed by atoms with Crippen molar-refractivity contribution < 1.29 is 0 Å². The van der Waals surface area contributed by atoms with E-state index in [1.807, 2.05) is 0 Å². The van der Waals surface area contributed by atoms with Gasteiger partial charge in [-0.15, -0.1) is 0 Å². The molecule has 0 amide bonds. The summed E-state index contributed by atoms with van der Waals surface area (Å²) in [7, 11) is 2.23. The second-order valence-electron chi connectivity index (χ2n) is 3.65. The van der Waals surface area contributed by atoms with Crippen LogP contribution in [0.15, 0.2) is 0 Å². The van der Waals surface area contributed by atoms with Crippen LogP contribution in [0.2, 0.25) is 0 Å². The fraction of sp³-hybridized carbons (Fsp3) is 1.00. The maximum absolute atomic E-state index is 2.49. The summed E-state index contributed by atoms with van der Waals surface area (Å²) in [6, 6.07) is 0. The zero-order valence-electron chi connectivity index (χ0n) is 5.86. The van der Waals surface area contributed by atoms with Crippen LogP contribution in [-0.2, 0) is 0 Å². The van der Waals surface area contributed by atoms with Gasteiger partial charge in [-0.25, -0.2) is 0 Å². The summed E-state index contributed by atoms with van der Waals surface area (Å²) in [5.41, 5.74) is 1.24. The topological polar surface area (TPSA) is 3.01 Å². The van der Waals surface area contributed by atoms with Crippen LogP contribution in [-0.4, -0.2) is 23.0 Å². The van der Waals surface area contributed by atoms with E-state index in [2.05, 4.69) is 25.8 Å². The van der Waals surface area contributed by atoms with Gasteiger partial charge >= 0.3 is 0 Å². The molecule has 0 aromatic carbocycles. The lowest BCUT2D eigenvalue weighted by molar-refractivity contribution is 0.521. The van der Waals surface area contributed by atoms with Gasteiger partial charge in [0.05, 0.1) is 0 Å². The summed E-state index contributed by atoms with van der Waals surface area (Å²) >= 11 is 0.